The van der Waals surface area contributed by atoms with E-state index in [1.54, 1.807) is 0 Å². The first-order chi connectivity index (χ1) is 5.75. The van der Waals surface area contributed by atoms with Crippen LogP contribution in [0.15, 0.2) is 0 Å². The minimum Gasteiger partial charge on any atom is -0.328 e. The number of rotatable bonds is 2. The normalized spacial score (nSPS) is 47.5. The molecule has 0 aromatic carbocycles. The topological polar surface area (TPSA) is 38.0 Å². The highest BCUT2D eigenvalue weighted by molar-refractivity contribution is 4.93. The van der Waals surface area contributed by atoms with Gasteiger partial charge in [-0.05, 0) is 38.0 Å². The van der Waals surface area contributed by atoms with Gasteiger partial charge in [0.1, 0.15) is 0 Å². The number of hydrogen-bond acceptors (Lipinski definition) is 2. The van der Waals surface area contributed by atoms with Gasteiger partial charge in [0.25, 0.3) is 0 Å². The third kappa shape index (κ3) is 1.99. The van der Waals surface area contributed by atoms with Gasteiger partial charge in [-0.15, -0.1) is 0 Å². The fourth-order valence-electron chi connectivity index (χ4n) is 2.14. The maximum atomic E-state index is 5.84. The van der Waals surface area contributed by atoms with Gasteiger partial charge in [0, 0.05) is 18.1 Å². The molecule has 70 valence electrons. The van der Waals surface area contributed by atoms with Crippen LogP contribution in [0.5, 0.6) is 0 Å². The largest absolute Gasteiger partial charge is 0.328 e. The highest BCUT2D eigenvalue weighted by Crippen LogP contribution is 2.31. The first-order valence-electron chi connectivity index (χ1n) is 5.27. The van der Waals surface area contributed by atoms with Gasteiger partial charge >= 0.3 is 0 Å². The zero-order valence-electron chi connectivity index (χ0n) is 7.92. The number of nitrogens with two attached hydrogens (primary N) is 1. The minimum absolute atomic E-state index is 0.486. The Morgan fingerprint density at radius 2 is 1.75 bits per heavy atom. The van der Waals surface area contributed by atoms with Crippen LogP contribution >= 0.6 is 0 Å². The molecule has 0 spiro atoms. The summed E-state index contributed by atoms with van der Waals surface area (Å²) in [6, 6.07) is 2.10. The Morgan fingerprint density at radius 3 is 2.25 bits per heavy atom. The average molecular weight is 168 g/mol. The summed E-state index contributed by atoms with van der Waals surface area (Å²) in [4.78, 5) is 0. The summed E-state index contributed by atoms with van der Waals surface area (Å²) in [6.45, 7) is 2.33. The highest BCUT2D eigenvalue weighted by Gasteiger charge is 2.34. The molecule has 2 rings (SSSR count). The van der Waals surface area contributed by atoms with Gasteiger partial charge in [0.05, 0.1) is 0 Å². The molecule has 3 N–H and O–H groups in total. The molecule has 2 atom stereocenters. The molecule has 0 bridgehead atoms. The van der Waals surface area contributed by atoms with E-state index >= 15 is 0 Å². The summed E-state index contributed by atoms with van der Waals surface area (Å²) < 4.78 is 0. The second-order valence-electron chi connectivity index (χ2n) is 4.60. The maximum Gasteiger partial charge on any atom is 0.00989 e. The van der Waals surface area contributed by atoms with Crippen molar-refractivity contribution in [1.29, 1.82) is 0 Å². The summed E-state index contributed by atoms with van der Waals surface area (Å²) >= 11 is 0. The molecular formula is C10H20N2. The zero-order chi connectivity index (χ0) is 8.55. The Hall–Kier alpha value is -0.0800. The van der Waals surface area contributed by atoms with E-state index in [1.165, 1.54) is 32.1 Å². The molecule has 12 heavy (non-hydrogen) atoms. The molecule has 2 unspecified atom stereocenters. The number of nitrogens with one attached hydrogen (secondary N) is 1. The van der Waals surface area contributed by atoms with Crippen molar-refractivity contribution in [2.24, 2.45) is 11.7 Å². The van der Waals surface area contributed by atoms with Crippen LogP contribution in [-0.4, -0.2) is 18.1 Å². The molecule has 0 amide bonds. The molecule has 2 aliphatic carbocycles. The summed E-state index contributed by atoms with van der Waals surface area (Å²) in [7, 11) is 0. The Bertz CT molecular complexity index is 150. The first kappa shape index (κ1) is 8.52. The van der Waals surface area contributed by atoms with Crippen LogP contribution < -0.4 is 11.1 Å². The molecule has 2 aliphatic rings. The summed E-state index contributed by atoms with van der Waals surface area (Å²) in [5.74, 6) is 0.931. The van der Waals surface area contributed by atoms with E-state index in [-0.39, 0.29) is 0 Å². The Kier molecular flexibility index (Phi) is 2.37. The molecule has 0 heterocycles. The van der Waals surface area contributed by atoms with Gasteiger partial charge in [-0.3, -0.25) is 0 Å². The lowest BCUT2D eigenvalue weighted by Crippen LogP contribution is -2.38. The summed E-state index contributed by atoms with van der Waals surface area (Å²) in [5.41, 5.74) is 5.84. The van der Waals surface area contributed by atoms with E-state index in [0.29, 0.717) is 6.04 Å². The Morgan fingerprint density at radius 1 is 1.17 bits per heavy atom. The van der Waals surface area contributed by atoms with Crippen LogP contribution in [0.2, 0.25) is 0 Å². The highest BCUT2D eigenvalue weighted by atomic mass is 15.0. The van der Waals surface area contributed by atoms with E-state index < -0.39 is 0 Å². The monoisotopic (exact) mass is 168 g/mol. The van der Waals surface area contributed by atoms with Crippen LogP contribution in [0.25, 0.3) is 0 Å². The number of hydrogen-bond donors (Lipinski definition) is 2. The van der Waals surface area contributed by atoms with Crippen LogP contribution in [-0.2, 0) is 0 Å². The van der Waals surface area contributed by atoms with E-state index in [4.69, 9.17) is 5.73 Å². The van der Waals surface area contributed by atoms with Gasteiger partial charge in [-0.1, -0.05) is 6.92 Å². The third-order valence-corrected chi connectivity index (χ3v) is 3.33. The van der Waals surface area contributed by atoms with Crippen LogP contribution in [0.4, 0.5) is 0 Å². The predicted molar refractivity (Wildman–Crippen MR) is 50.9 cm³/mol. The average Bonchev–Trinajstić information content (AvgIpc) is 2.72. The second kappa shape index (κ2) is 3.35. The molecule has 2 heteroatoms. The van der Waals surface area contributed by atoms with E-state index in [0.717, 1.165) is 18.0 Å². The van der Waals surface area contributed by atoms with Gasteiger partial charge in [0.2, 0.25) is 0 Å². The van der Waals surface area contributed by atoms with Crippen molar-refractivity contribution in [3.63, 3.8) is 0 Å². The summed E-state index contributed by atoms with van der Waals surface area (Å²) in [5, 5.41) is 3.71. The molecule has 0 saturated heterocycles. The van der Waals surface area contributed by atoms with Gasteiger partial charge < -0.3 is 11.1 Å². The van der Waals surface area contributed by atoms with Crippen LogP contribution in [0.1, 0.15) is 39.0 Å². The Balaban J connectivity index is 1.68. The standard InChI is InChI=1S/C10H20N2/c1-7-6-10(7)12-9-4-2-8(11)3-5-9/h7-10,12H,2-6,11H2,1H3. The fourth-order valence-corrected chi connectivity index (χ4v) is 2.14. The molecule has 0 aromatic rings. The van der Waals surface area contributed by atoms with Crippen molar-refractivity contribution in [3.8, 4) is 0 Å². The van der Waals surface area contributed by atoms with Gasteiger partial charge in [-0.25, -0.2) is 0 Å². The van der Waals surface area contributed by atoms with E-state index in [9.17, 15) is 0 Å². The van der Waals surface area contributed by atoms with Crippen molar-refractivity contribution in [1.82, 2.24) is 5.32 Å². The van der Waals surface area contributed by atoms with Crippen LogP contribution in [0.3, 0.4) is 0 Å². The van der Waals surface area contributed by atoms with Crippen LogP contribution in [0, 0.1) is 5.92 Å². The lowest BCUT2D eigenvalue weighted by Gasteiger charge is -2.27. The second-order valence-corrected chi connectivity index (χ2v) is 4.60. The fraction of sp³-hybridized carbons (Fsp3) is 1.00. The lowest BCUT2D eigenvalue weighted by molar-refractivity contribution is 0.338. The third-order valence-electron chi connectivity index (χ3n) is 3.33. The molecular weight excluding hydrogens is 148 g/mol. The quantitative estimate of drug-likeness (QED) is 0.651. The van der Waals surface area contributed by atoms with Crippen molar-refractivity contribution >= 4 is 0 Å². The van der Waals surface area contributed by atoms with Crippen molar-refractivity contribution in [3.05, 3.63) is 0 Å². The van der Waals surface area contributed by atoms with Crippen molar-refractivity contribution in [2.45, 2.75) is 57.2 Å². The maximum absolute atomic E-state index is 5.84. The molecule has 2 saturated carbocycles. The van der Waals surface area contributed by atoms with E-state index in [1.807, 2.05) is 0 Å². The van der Waals surface area contributed by atoms with Gasteiger partial charge in [-0.2, -0.15) is 0 Å². The first-order valence-corrected chi connectivity index (χ1v) is 5.27. The smallest absolute Gasteiger partial charge is 0.00989 e. The molecule has 0 aromatic heterocycles. The molecule has 2 fully saturated rings. The van der Waals surface area contributed by atoms with Crippen molar-refractivity contribution < 1.29 is 0 Å². The van der Waals surface area contributed by atoms with E-state index in [2.05, 4.69) is 12.2 Å². The Labute approximate surface area is 74.9 Å². The molecule has 0 aliphatic heterocycles. The SMILES string of the molecule is CC1CC1NC1CCC(N)CC1. The predicted octanol–water partition coefficient (Wildman–Crippen LogP) is 1.25. The summed E-state index contributed by atoms with van der Waals surface area (Å²) in [6.07, 6.45) is 6.43. The molecule has 0 radical (unpaired) electrons. The lowest BCUT2D eigenvalue weighted by atomic mass is 9.92. The molecule has 2 nitrogen and oxygen atoms in total. The van der Waals surface area contributed by atoms with Crippen molar-refractivity contribution in [2.75, 3.05) is 0 Å². The minimum atomic E-state index is 0.486. The zero-order valence-corrected chi connectivity index (χ0v) is 7.92. The van der Waals surface area contributed by atoms with Gasteiger partial charge in [0.15, 0.2) is 0 Å².